The molecule has 0 saturated heterocycles. The number of nitrogens with one attached hydrogen (secondary N) is 1. The quantitative estimate of drug-likeness (QED) is 0.620. The first-order valence-corrected chi connectivity index (χ1v) is 6.68. The maximum Gasteiger partial charge on any atom is 0.294 e. The van der Waals surface area contributed by atoms with Crippen LogP contribution in [0.1, 0.15) is 6.42 Å². The van der Waals surface area contributed by atoms with Gasteiger partial charge in [-0.3, -0.25) is 4.55 Å². The average Bonchev–Trinajstić information content (AvgIpc) is 2.65. The summed E-state index contributed by atoms with van der Waals surface area (Å²) in [6.45, 7) is 0.180. The number of nitrogens with zero attached hydrogens (tertiary/aromatic N) is 1. The highest BCUT2D eigenvalue weighted by Crippen LogP contribution is 2.14. The molecule has 1 aromatic heterocycles. The van der Waals surface area contributed by atoms with E-state index in [1.807, 2.05) is 24.3 Å². The van der Waals surface area contributed by atoms with Crippen LogP contribution in [0.2, 0.25) is 0 Å². The van der Waals surface area contributed by atoms with Gasteiger partial charge in [0.2, 0.25) is 0 Å². The second-order valence-electron chi connectivity index (χ2n) is 3.55. The van der Waals surface area contributed by atoms with Gasteiger partial charge in [0.05, 0.1) is 23.4 Å². The third kappa shape index (κ3) is 3.43. The summed E-state index contributed by atoms with van der Waals surface area (Å²) in [5.41, 5.74) is 1.65. The van der Waals surface area contributed by atoms with Crippen LogP contribution in [0.4, 0.5) is 0 Å². The third-order valence-electron chi connectivity index (χ3n) is 2.15. The molecule has 0 amide bonds. The Labute approximate surface area is 98.4 Å². The molecule has 0 spiro atoms. The lowest BCUT2D eigenvalue weighted by Gasteiger charge is -2.00. The minimum Gasteiger partial charge on any atom is -0.465 e. The standard InChI is InChI=1S/C10H12N2O4S/c13-17(14,15)7-3-6-16-10-11-8-4-1-2-5-9(8)12-10/h1-2,4-5H,3,6-7H2,(H,11,12)(H,13,14,15). The summed E-state index contributed by atoms with van der Waals surface area (Å²) in [7, 11) is -3.91. The van der Waals surface area contributed by atoms with Gasteiger partial charge in [-0.1, -0.05) is 12.1 Å². The first-order chi connectivity index (χ1) is 8.04. The lowest BCUT2D eigenvalue weighted by atomic mass is 10.3. The van der Waals surface area contributed by atoms with Crippen molar-refractivity contribution in [2.24, 2.45) is 0 Å². The van der Waals surface area contributed by atoms with Gasteiger partial charge in [0.1, 0.15) is 0 Å². The molecule has 2 rings (SSSR count). The van der Waals surface area contributed by atoms with E-state index in [0.717, 1.165) is 11.0 Å². The average molecular weight is 256 g/mol. The Kier molecular flexibility index (Phi) is 3.30. The van der Waals surface area contributed by atoms with E-state index in [9.17, 15) is 8.42 Å². The molecule has 0 fully saturated rings. The lowest BCUT2D eigenvalue weighted by molar-refractivity contribution is 0.295. The zero-order chi connectivity index (χ0) is 12.3. The van der Waals surface area contributed by atoms with E-state index in [1.54, 1.807) is 0 Å². The van der Waals surface area contributed by atoms with Gasteiger partial charge < -0.3 is 9.72 Å². The van der Waals surface area contributed by atoms with Crippen LogP contribution < -0.4 is 4.74 Å². The summed E-state index contributed by atoms with van der Waals surface area (Å²) in [5.74, 6) is -0.312. The van der Waals surface area contributed by atoms with Gasteiger partial charge in [-0.2, -0.15) is 13.4 Å². The topological polar surface area (TPSA) is 92.3 Å². The summed E-state index contributed by atoms with van der Waals surface area (Å²) in [4.78, 5) is 7.10. The second-order valence-corrected chi connectivity index (χ2v) is 5.12. The molecule has 0 bridgehead atoms. The number of ether oxygens (including phenoxy) is 1. The van der Waals surface area contributed by atoms with Crippen LogP contribution in [0.25, 0.3) is 11.0 Å². The van der Waals surface area contributed by atoms with Crippen molar-refractivity contribution < 1.29 is 17.7 Å². The van der Waals surface area contributed by atoms with Gasteiger partial charge >= 0.3 is 0 Å². The van der Waals surface area contributed by atoms with Crippen molar-refractivity contribution >= 4 is 21.2 Å². The smallest absolute Gasteiger partial charge is 0.294 e. The van der Waals surface area contributed by atoms with Crippen molar-refractivity contribution in [3.05, 3.63) is 24.3 Å². The fourth-order valence-corrected chi connectivity index (χ4v) is 1.89. The zero-order valence-corrected chi connectivity index (χ0v) is 9.77. The van der Waals surface area contributed by atoms with Crippen molar-refractivity contribution in [1.29, 1.82) is 0 Å². The number of aromatic nitrogens is 2. The van der Waals surface area contributed by atoms with Crippen LogP contribution in [0.5, 0.6) is 6.01 Å². The minimum absolute atomic E-state index is 0.180. The summed E-state index contributed by atoms with van der Waals surface area (Å²) in [6, 6.07) is 7.81. The van der Waals surface area contributed by atoms with Crippen LogP contribution in [-0.4, -0.2) is 35.3 Å². The summed E-state index contributed by atoms with van der Waals surface area (Å²) in [5, 5.41) is 0. The molecule has 0 atom stereocenters. The largest absolute Gasteiger partial charge is 0.465 e. The highest BCUT2D eigenvalue weighted by Gasteiger charge is 2.05. The van der Waals surface area contributed by atoms with Crippen LogP contribution >= 0.6 is 0 Å². The minimum atomic E-state index is -3.91. The van der Waals surface area contributed by atoms with E-state index >= 15 is 0 Å². The molecule has 2 aromatic rings. The van der Waals surface area contributed by atoms with E-state index in [0.29, 0.717) is 6.01 Å². The predicted molar refractivity (Wildman–Crippen MR) is 62.6 cm³/mol. The molecule has 17 heavy (non-hydrogen) atoms. The Balaban J connectivity index is 1.91. The predicted octanol–water partition coefficient (Wildman–Crippen LogP) is 1.22. The van der Waals surface area contributed by atoms with Crippen LogP contribution in [0.3, 0.4) is 0 Å². The Bertz CT molecular complexity index is 573. The van der Waals surface area contributed by atoms with E-state index < -0.39 is 10.1 Å². The number of imidazole rings is 1. The Morgan fingerprint density at radius 3 is 2.82 bits per heavy atom. The fraction of sp³-hybridized carbons (Fsp3) is 0.300. The summed E-state index contributed by atoms with van der Waals surface area (Å²) in [6.07, 6.45) is 0.218. The summed E-state index contributed by atoms with van der Waals surface area (Å²) < 4.78 is 34.7. The molecular weight excluding hydrogens is 244 g/mol. The SMILES string of the molecule is O=S(=O)(O)CCCOc1nc2ccccc2[nH]1. The van der Waals surface area contributed by atoms with Gasteiger partial charge in [0.15, 0.2) is 0 Å². The number of aromatic amines is 1. The number of hydrogen-bond donors (Lipinski definition) is 2. The van der Waals surface area contributed by atoms with E-state index in [1.165, 1.54) is 0 Å². The first-order valence-electron chi connectivity index (χ1n) is 5.07. The molecule has 1 aromatic carbocycles. The fourth-order valence-electron chi connectivity index (χ4n) is 1.41. The number of rotatable bonds is 5. The maximum absolute atomic E-state index is 10.5. The van der Waals surface area contributed by atoms with Gasteiger partial charge in [-0.25, -0.2) is 0 Å². The molecule has 92 valence electrons. The van der Waals surface area contributed by atoms with Crippen molar-refractivity contribution in [2.75, 3.05) is 12.4 Å². The summed E-state index contributed by atoms with van der Waals surface area (Å²) >= 11 is 0. The molecule has 0 unspecified atom stereocenters. The Morgan fingerprint density at radius 1 is 1.35 bits per heavy atom. The number of benzene rings is 1. The van der Waals surface area contributed by atoms with Gasteiger partial charge in [0.25, 0.3) is 16.1 Å². The highest BCUT2D eigenvalue weighted by molar-refractivity contribution is 7.85. The molecule has 1 heterocycles. The number of H-pyrrole nitrogens is 1. The number of para-hydroxylation sites is 2. The van der Waals surface area contributed by atoms with Crippen molar-refractivity contribution in [3.8, 4) is 6.01 Å². The van der Waals surface area contributed by atoms with Crippen LogP contribution in [0, 0.1) is 0 Å². The van der Waals surface area contributed by atoms with E-state index in [4.69, 9.17) is 9.29 Å². The van der Waals surface area contributed by atoms with Crippen LogP contribution in [0.15, 0.2) is 24.3 Å². The van der Waals surface area contributed by atoms with E-state index in [-0.39, 0.29) is 18.8 Å². The van der Waals surface area contributed by atoms with E-state index in [2.05, 4.69) is 9.97 Å². The molecular formula is C10H12N2O4S. The maximum atomic E-state index is 10.5. The molecule has 2 N–H and O–H groups in total. The first kappa shape index (κ1) is 11.9. The molecule has 0 saturated carbocycles. The zero-order valence-electron chi connectivity index (χ0n) is 8.96. The normalized spacial score (nSPS) is 11.8. The molecule has 0 radical (unpaired) electrons. The Morgan fingerprint density at radius 2 is 2.12 bits per heavy atom. The lowest BCUT2D eigenvalue weighted by Crippen LogP contribution is -2.08. The van der Waals surface area contributed by atoms with Crippen molar-refractivity contribution in [3.63, 3.8) is 0 Å². The molecule has 0 aliphatic rings. The van der Waals surface area contributed by atoms with Crippen molar-refractivity contribution in [1.82, 2.24) is 9.97 Å². The number of fused-ring (bicyclic) bond motifs is 1. The second kappa shape index (κ2) is 4.72. The Hall–Kier alpha value is -1.60. The molecule has 0 aliphatic heterocycles. The van der Waals surface area contributed by atoms with Gasteiger partial charge in [-0.05, 0) is 18.6 Å². The molecule has 0 aliphatic carbocycles. The third-order valence-corrected chi connectivity index (χ3v) is 2.96. The highest BCUT2D eigenvalue weighted by atomic mass is 32.2. The van der Waals surface area contributed by atoms with Gasteiger partial charge in [-0.15, -0.1) is 0 Å². The molecule has 7 heteroatoms. The van der Waals surface area contributed by atoms with Crippen LogP contribution in [-0.2, 0) is 10.1 Å². The number of hydrogen-bond acceptors (Lipinski definition) is 4. The molecule has 6 nitrogen and oxygen atoms in total. The van der Waals surface area contributed by atoms with Crippen molar-refractivity contribution in [2.45, 2.75) is 6.42 Å². The van der Waals surface area contributed by atoms with Gasteiger partial charge in [0, 0.05) is 0 Å². The monoisotopic (exact) mass is 256 g/mol.